The summed E-state index contributed by atoms with van der Waals surface area (Å²) in [7, 11) is 0. The molecule has 0 spiro atoms. The van der Waals surface area contributed by atoms with Crippen molar-refractivity contribution < 1.29 is 4.42 Å². The zero-order valence-corrected chi connectivity index (χ0v) is 12.6. The Balaban J connectivity index is 1.49. The molecule has 1 aliphatic heterocycles. The van der Waals surface area contributed by atoms with Crippen LogP contribution in [0.5, 0.6) is 0 Å². The molecular weight excluding hydrogens is 260 g/mol. The van der Waals surface area contributed by atoms with E-state index >= 15 is 0 Å². The van der Waals surface area contributed by atoms with Crippen LogP contribution in [0, 0.1) is 5.92 Å². The van der Waals surface area contributed by atoms with Crippen LogP contribution in [0.4, 0.5) is 0 Å². The van der Waals surface area contributed by atoms with Crippen LogP contribution in [0.3, 0.4) is 0 Å². The molecule has 1 saturated heterocycles. The van der Waals surface area contributed by atoms with E-state index in [9.17, 15) is 0 Å². The number of fused-ring (bicyclic) bond motifs is 1. The monoisotopic (exact) mass is 284 g/mol. The van der Waals surface area contributed by atoms with Gasteiger partial charge in [0.05, 0.1) is 6.26 Å². The number of nitrogens with one attached hydrogen (secondary N) is 1. The highest BCUT2D eigenvalue weighted by Crippen LogP contribution is 2.31. The minimum atomic E-state index is 0.682. The van der Waals surface area contributed by atoms with E-state index in [1.165, 1.54) is 56.3 Å². The summed E-state index contributed by atoms with van der Waals surface area (Å²) in [6, 6.07) is 9.06. The first-order valence-corrected chi connectivity index (χ1v) is 8.29. The van der Waals surface area contributed by atoms with Gasteiger partial charge in [-0.05, 0) is 44.2 Å². The first-order valence-electron chi connectivity index (χ1n) is 8.29. The molecule has 1 saturated carbocycles. The van der Waals surface area contributed by atoms with E-state index in [4.69, 9.17) is 4.42 Å². The maximum absolute atomic E-state index is 5.70. The Hall–Kier alpha value is -1.32. The van der Waals surface area contributed by atoms with Crippen molar-refractivity contribution in [2.75, 3.05) is 19.6 Å². The average molecular weight is 284 g/mol. The van der Waals surface area contributed by atoms with Gasteiger partial charge in [-0.1, -0.05) is 18.2 Å². The Morgan fingerprint density at radius 1 is 1.14 bits per heavy atom. The third kappa shape index (κ3) is 3.14. The summed E-state index contributed by atoms with van der Waals surface area (Å²) in [5.74, 6) is 0.935. The molecule has 1 unspecified atom stereocenters. The molecule has 1 aliphatic carbocycles. The number of furan rings is 1. The van der Waals surface area contributed by atoms with Crippen molar-refractivity contribution >= 4 is 11.0 Å². The van der Waals surface area contributed by atoms with Crippen LogP contribution in [0.25, 0.3) is 11.0 Å². The van der Waals surface area contributed by atoms with Gasteiger partial charge in [-0.15, -0.1) is 0 Å². The Bertz CT molecular complexity index is 596. The minimum absolute atomic E-state index is 0.682. The van der Waals surface area contributed by atoms with Gasteiger partial charge in [0.1, 0.15) is 5.58 Å². The minimum Gasteiger partial charge on any atom is -0.464 e. The molecule has 2 fully saturated rings. The van der Waals surface area contributed by atoms with Crippen molar-refractivity contribution in [1.29, 1.82) is 0 Å². The van der Waals surface area contributed by atoms with E-state index in [1.54, 1.807) is 0 Å². The fourth-order valence-electron chi connectivity index (χ4n) is 3.49. The van der Waals surface area contributed by atoms with Gasteiger partial charge in [0.2, 0.25) is 0 Å². The lowest BCUT2D eigenvalue weighted by atomic mass is 10.1. The number of benzene rings is 1. The molecule has 1 aromatic carbocycles. The maximum atomic E-state index is 5.70. The fourth-order valence-corrected chi connectivity index (χ4v) is 3.49. The normalized spacial score (nSPS) is 22.4. The fraction of sp³-hybridized carbons (Fsp3) is 0.556. The van der Waals surface area contributed by atoms with E-state index in [0.717, 1.165) is 18.0 Å². The largest absolute Gasteiger partial charge is 0.464 e. The average Bonchev–Trinajstić information content (AvgIpc) is 3.00. The Morgan fingerprint density at radius 2 is 2.05 bits per heavy atom. The zero-order valence-electron chi connectivity index (χ0n) is 12.6. The summed E-state index contributed by atoms with van der Waals surface area (Å²) in [5.41, 5.74) is 2.35. The van der Waals surface area contributed by atoms with Crippen molar-refractivity contribution in [3.63, 3.8) is 0 Å². The standard InChI is InChI=1S/C18H24N2O/c1-2-6-18-17(5-1)15(13-21-18)11-20(10-14-7-8-14)12-16-4-3-9-19-16/h1-2,5-6,13-14,16,19H,3-4,7-12H2. The van der Waals surface area contributed by atoms with Crippen LogP contribution in [-0.2, 0) is 6.54 Å². The molecule has 0 amide bonds. The van der Waals surface area contributed by atoms with Crippen LogP contribution in [0.1, 0.15) is 31.2 Å². The van der Waals surface area contributed by atoms with E-state index in [2.05, 4.69) is 28.4 Å². The summed E-state index contributed by atoms with van der Waals surface area (Å²) >= 11 is 0. The van der Waals surface area contributed by atoms with Gasteiger partial charge in [0, 0.05) is 36.6 Å². The van der Waals surface area contributed by atoms with Crippen molar-refractivity contribution in [2.24, 2.45) is 5.92 Å². The number of rotatable bonds is 6. The summed E-state index contributed by atoms with van der Waals surface area (Å²) in [5, 5.41) is 4.91. The lowest BCUT2D eigenvalue weighted by Crippen LogP contribution is -2.38. The molecule has 3 nitrogen and oxygen atoms in total. The van der Waals surface area contributed by atoms with Crippen molar-refractivity contribution in [2.45, 2.75) is 38.3 Å². The summed E-state index contributed by atoms with van der Waals surface area (Å²) in [4.78, 5) is 2.64. The van der Waals surface area contributed by atoms with Crippen LogP contribution in [-0.4, -0.2) is 30.6 Å². The number of para-hydroxylation sites is 1. The SMILES string of the molecule is c1ccc2c(CN(CC3CC3)CC3CCCN3)coc2c1. The molecule has 4 rings (SSSR count). The summed E-state index contributed by atoms with van der Waals surface area (Å²) in [6.07, 6.45) is 7.44. The lowest BCUT2D eigenvalue weighted by Gasteiger charge is -2.25. The molecule has 1 atom stereocenters. The van der Waals surface area contributed by atoms with Gasteiger partial charge in [-0.25, -0.2) is 0 Å². The number of hydrogen-bond acceptors (Lipinski definition) is 3. The molecule has 2 aromatic rings. The zero-order chi connectivity index (χ0) is 14.1. The highest BCUT2D eigenvalue weighted by Gasteiger charge is 2.27. The lowest BCUT2D eigenvalue weighted by molar-refractivity contribution is 0.232. The van der Waals surface area contributed by atoms with Gasteiger partial charge in [-0.2, -0.15) is 0 Å². The molecular formula is C18H24N2O. The van der Waals surface area contributed by atoms with Gasteiger partial charge < -0.3 is 9.73 Å². The van der Waals surface area contributed by atoms with Gasteiger partial charge in [-0.3, -0.25) is 4.90 Å². The molecule has 21 heavy (non-hydrogen) atoms. The molecule has 112 valence electrons. The van der Waals surface area contributed by atoms with Crippen LogP contribution in [0.2, 0.25) is 0 Å². The van der Waals surface area contributed by atoms with E-state index < -0.39 is 0 Å². The Labute approximate surface area is 126 Å². The number of nitrogens with zero attached hydrogens (tertiary/aromatic N) is 1. The number of hydrogen-bond donors (Lipinski definition) is 1. The van der Waals surface area contributed by atoms with E-state index in [1.807, 2.05) is 12.3 Å². The molecule has 2 heterocycles. The summed E-state index contributed by atoms with van der Waals surface area (Å²) < 4.78 is 5.70. The quantitative estimate of drug-likeness (QED) is 0.881. The molecule has 3 heteroatoms. The maximum Gasteiger partial charge on any atom is 0.134 e. The first-order chi connectivity index (χ1) is 10.4. The Kier molecular flexibility index (Phi) is 3.70. The van der Waals surface area contributed by atoms with Crippen molar-refractivity contribution in [3.05, 3.63) is 36.1 Å². The smallest absolute Gasteiger partial charge is 0.134 e. The van der Waals surface area contributed by atoms with Crippen LogP contribution in [0.15, 0.2) is 34.9 Å². The topological polar surface area (TPSA) is 28.4 Å². The second kappa shape index (κ2) is 5.82. The highest BCUT2D eigenvalue weighted by atomic mass is 16.3. The molecule has 2 aliphatic rings. The van der Waals surface area contributed by atoms with Crippen LogP contribution >= 0.6 is 0 Å². The highest BCUT2D eigenvalue weighted by molar-refractivity contribution is 5.80. The van der Waals surface area contributed by atoms with Gasteiger partial charge in [0.25, 0.3) is 0 Å². The van der Waals surface area contributed by atoms with E-state index in [-0.39, 0.29) is 0 Å². The Morgan fingerprint density at radius 3 is 2.86 bits per heavy atom. The van der Waals surface area contributed by atoms with E-state index in [0.29, 0.717) is 6.04 Å². The second-order valence-corrected chi connectivity index (χ2v) is 6.69. The summed E-state index contributed by atoms with van der Waals surface area (Å²) in [6.45, 7) is 4.63. The molecule has 0 bridgehead atoms. The molecule has 1 aromatic heterocycles. The van der Waals surface area contributed by atoms with Crippen LogP contribution < -0.4 is 5.32 Å². The first kappa shape index (κ1) is 13.4. The predicted molar refractivity (Wildman–Crippen MR) is 85.2 cm³/mol. The predicted octanol–water partition coefficient (Wildman–Crippen LogP) is 3.40. The van der Waals surface area contributed by atoms with Gasteiger partial charge in [0.15, 0.2) is 0 Å². The van der Waals surface area contributed by atoms with Gasteiger partial charge >= 0.3 is 0 Å². The molecule has 1 N–H and O–H groups in total. The van der Waals surface area contributed by atoms with Crippen molar-refractivity contribution in [3.8, 4) is 0 Å². The third-order valence-corrected chi connectivity index (χ3v) is 4.81. The second-order valence-electron chi connectivity index (χ2n) is 6.69. The third-order valence-electron chi connectivity index (χ3n) is 4.81. The van der Waals surface area contributed by atoms with Crippen molar-refractivity contribution in [1.82, 2.24) is 10.2 Å². The molecule has 0 radical (unpaired) electrons.